The summed E-state index contributed by atoms with van der Waals surface area (Å²) in [5.74, 6) is 0.820. The van der Waals surface area contributed by atoms with Gasteiger partial charge in [-0.1, -0.05) is 40.6 Å². The Labute approximate surface area is 181 Å². The van der Waals surface area contributed by atoms with E-state index in [0.29, 0.717) is 17.0 Å². The zero-order chi connectivity index (χ0) is 22.2. The average molecular weight is 425 g/mol. The number of hydrogen-bond donors (Lipinski definition) is 6. The number of benzene rings is 3. The van der Waals surface area contributed by atoms with Gasteiger partial charge in [-0.2, -0.15) is 0 Å². The maximum absolute atomic E-state index is 8.92. The van der Waals surface area contributed by atoms with Crippen molar-refractivity contribution in [3.63, 3.8) is 0 Å². The number of H-pyrrole nitrogens is 2. The molecule has 0 fully saturated rings. The molecule has 9 heteroatoms. The molecule has 0 aliphatic rings. The number of amidine groups is 2. The van der Waals surface area contributed by atoms with Crippen LogP contribution in [0.5, 0.6) is 0 Å². The Balaban J connectivity index is 1.57. The fourth-order valence-corrected chi connectivity index (χ4v) is 3.74. The van der Waals surface area contributed by atoms with Gasteiger partial charge in [-0.15, -0.1) is 0 Å². The fourth-order valence-electron chi connectivity index (χ4n) is 3.74. The summed E-state index contributed by atoms with van der Waals surface area (Å²) < 4.78 is 0. The number of nitrogens with two attached hydrogens (primary N) is 2. The van der Waals surface area contributed by atoms with Gasteiger partial charge in [0.15, 0.2) is 11.7 Å². The molecule has 0 spiro atoms. The SMILES string of the molecule is NC(=NO)c1ccc(-c2ccc3[nH]cc(-c4nc5ccc(C(N)=NO)cc5[nH]4)c3c2)cc1. The van der Waals surface area contributed by atoms with Crippen molar-refractivity contribution < 1.29 is 10.4 Å². The van der Waals surface area contributed by atoms with Gasteiger partial charge < -0.3 is 31.8 Å². The molecule has 0 unspecified atom stereocenters. The molecule has 5 aromatic rings. The van der Waals surface area contributed by atoms with Crippen molar-refractivity contribution in [2.75, 3.05) is 0 Å². The van der Waals surface area contributed by atoms with Crippen LogP contribution in [0, 0.1) is 0 Å². The first-order valence-electron chi connectivity index (χ1n) is 9.75. The van der Waals surface area contributed by atoms with Crippen molar-refractivity contribution in [1.29, 1.82) is 0 Å². The van der Waals surface area contributed by atoms with E-state index in [1.807, 2.05) is 48.7 Å². The molecule has 0 aliphatic heterocycles. The minimum absolute atomic E-state index is 0.0396. The summed E-state index contributed by atoms with van der Waals surface area (Å²) in [6, 6.07) is 19.0. The summed E-state index contributed by atoms with van der Waals surface area (Å²) in [5, 5.41) is 24.9. The largest absolute Gasteiger partial charge is 0.409 e. The molecule has 158 valence electrons. The molecule has 2 aromatic heterocycles. The van der Waals surface area contributed by atoms with Gasteiger partial charge in [0.25, 0.3) is 0 Å². The predicted octanol–water partition coefficient (Wildman–Crippen LogP) is 3.57. The van der Waals surface area contributed by atoms with E-state index >= 15 is 0 Å². The van der Waals surface area contributed by atoms with Crippen LogP contribution in [-0.4, -0.2) is 37.0 Å². The zero-order valence-electron chi connectivity index (χ0n) is 16.7. The molecule has 32 heavy (non-hydrogen) atoms. The number of aromatic amines is 2. The lowest BCUT2D eigenvalue weighted by atomic mass is 10.0. The number of imidazole rings is 1. The molecule has 0 amide bonds. The van der Waals surface area contributed by atoms with E-state index in [2.05, 4.69) is 26.3 Å². The smallest absolute Gasteiger partial charge is 0.170 e. The van der Waals surface area contributed by atoms with Crippen molar-refractivity contribution in [3.8, 4) is 22.5 Å². The molecular weight excluding hydrogens is 406 g/mol. The van der Waals surface area contributed by atoms with Gasteiger partial charge in [0.1, 0.15) is 5.82 Å². The molecule has 9 nitrogen and oxygen atoms in total. The van der Waals surface area contributed by atoms with Crippen LogP contribution in [0.3, 0.4) is 0 Å². The van der Waals surface area contributed by atoms with Crippen LogP contribution in [0.4, 0.5) is 0 Å². The van der Waals surface area contributed by atoms with Crippen LogP contribution in [0.15, 0.2) is 77.2 Å². The Morgan fingerprint density at radius 3 is 2.22 bits per heavy atom. The molecule has 0 saturated carbocycles. The van der Waals surface area contributed by atoms with Gasteiger partial charge >= 0.3 is 0 Å². The van der Waals surface area contributed by atoms with Crippen molar-refractivity contribution in [2.45, 2.75) is 0 Å². The maximum Gasteiger partial charge on any atom is 0.170 e. The van der Waals surface area contributed by atoms with Crippen molar-refractivity contribution >= 4 is 33.6 Å². The number of nitrogens with one attached hydrogen (secondary N) is 2. The Bertz CT molecular complexity index is 1510. The van der Waals surface area contributed by atoms with Crippen LogP contribution in [-0.2, 0) is 0 Å². The molecule has 2 heterocycles. The Morgan fingerprint density at radius 2 is 1.47 bits per heavy atom. The molecule has 0 radical (unpaired) electrons. The molecule has 8 N–H and O–H groups in total. The minimum Gasteiger partial charge on any atom is -0.409 e. The van der Waals surface area contributed by atoms with Gasteiger partial charge in [-0.3, -0.25) is 0 Å². The van der Waals surface area contributed by atoms with Crippen molar-refractivity contribution in [2.24, 2.45) is 21.8 Å². The minimum atomic E-state index is 0.0396. The summed E-state index contributed by atoms with van der Waals surface area (Å²) in [7, 11) is 0. The van der Waals surface area contributed by atoms with Gasteiger partial charge in [0.2, 0.25) is 0 Å². The third-order valence-electron chi connectivity index (χ3n) is 5.44. The molecule has 0 saturated heterocycles. The van der Waals surface area contributed by atoms with Gasteiger partial charge in [0, 0.05) is 33.8 Å². The van der Waals surface area contributed by atoms with Crippen LogP contribution in [0.1, 0.15) is 11.1 Å². The van der Waals surface area contributed by atoms with Crippen LogP contribution in [0.2, 0.25) is 0 Å². The van der Waals surface area contributed by atoms with E-state index in [4.69, 9.17) is 26.9 Å². The highest BCUT2D eigenvalue weighted by molar-refractivity contribution is 6.01. The molecule has 3 aromatic carbocycles. The molecule has 0 atom stereocenters. The first-order chi connectivity index (χ1) is 15.6. The first kappa shape index (κ1) is 19.2. The molecular formula is C23H19N7O2. The quantitative estimate of drug-likeness (QED) is 0.112. The van der Waals surface area contributed by atoms with Gasteiger partial charge in [0.05, 0.1) is 11.0 Å². The molecule has 5 rings (SSSR count). The second-order valence-electron chi connectivity index (χ2n) is 7.33. The van der Waals surface area contributed by atoms with Crippen molar-refractivity contribution in [1.82, 2.24) is 15.0 Å². The van der Waals surface area contributed by atoms with Gasteiger partial charge in [-0.25, -0.2) is 4.98 Å². The maximum atomic E-state index is 8.92. The van der Waals surface area contributed by atoms with E-state index in [-0.39, 0.29) is 11.7 Å². The highest BCUT2D eigenvalue weighted by Gasteiger charge is 2.13. The summed E-state index contributed by atoms with van der Waals surface area (Å²) >= 11 is 0. The van der Waals surface area contributed by atoms with E-state index in [0.717, 1.165) is 38.6 Å². The Hall–Kier alpha value is -4.79. The monoisotopic (exact) mass is 425 g/mol. The molecule has 0 aliphatic carbocycles. The number of fused-ring (bicyclic) bond motifs is 2. The lowest BCUT2D eigenvalue weighted by Gasteiger charge is -2.05. The van der Waals surface area contributed by atoms with E-state index in [1.54, 1.807) is 12.1 Å². The van der Waals surface area contributed by atoms with E-state index in [1.165, 1.54) is 0 Å². The zero-order valence-corrected chi connectivity index (χ0v) is 16.7. The number of nitrogens with zero attached hydrogens (tertiary/aromatic N) is 3. The number of aromatic nitrogens is 3. The summed E-state index contributed by atoms with van der Waals surface area (Å²) in [5.41, 5.74) is 18.1. The highest BCUT2D eigenvalue weighted by Crippen LogP contribution is 2.32. The number of rotatable bonds is 4. The first-order valence-corrected chi connectivity index (χ1v) is 9.75. The molecule has 0 bridgehead atoms. The Kier molecular flexibility index (Phi) is 4.48. The van der Waals surface area contributed by atoms with Crippen molar-refractivity contribution in [3.05, 3.63) is 78.0 Å². The predicted molar refractivity (Wildman–Crippen MR) is 124 cm³/mol. The fraction of sp³-hybridized carbons (Fsp3) is 0. The lowest BCUT2D eigenvalue weighted by Crippen LogP contribution is -2.12. The standard InChI is InChI=1S/C23H19N7O2/c24-21(29-31)13-3-1-12(2-4-13)14-5-7-18-16(9-14)17(11-26-18)23-27-19-8-6-15(22(25)30-32)10-20(19)28-23/h1-11,26,31-32H,(H2,24,29)(H2,25,30)(H,27,28). The highest BCUT2D eigenvalue weighted by atomic mass is 16.4. The van der Waals surface area contributed by atoms with E-state index < -0.39 is 0 Å². The number of hydrogen-bond acceptors (Lipinski definition) is 5. The summed E-state index contributed by atoms with van der Waals surface area (Å²) in [4.78, 5) is 11.3. The summed E-state index contributed by atoms with van der Waals surface area (Å²) in [6.07, 6.45) is 1.91. The van der Waals surface area contributed by atoms with Crippen LogP contribution in [0.25, 0.3) is 44.5 Å². The third kappa shape index (κ3) is 3.18. The lowest BCUT2D eigenvalue weighted by molar-refractivity contribution is 0.318. The second-order valence-corrected chi connectivity index (χ2v) is 7.33. The Morgan fingerprint density at radius 1 is 0.781 bits per heavy atom. The van der Waals surface area contributed by atoms with E-state index in [9.17, 15) is 0 Å². The average Bonchev–Trinajstić information content (AvgIpc) is 3.45. The third-order valence-corrected chi connectivity index (χ3v) is 5.44. The second kappa shape index (κ2) is 7.47. The normalized spacial score (nSPS) is 12.6. The summed E-state index contributed by atoms with van der Waals surface area (Å²) in [6.45, 7) is 0. The van der Waals surface area contributed by atoms with Crippen LogP contribution >= 0.6 is 0 Å². The number of oxime groups is 2. The topological polar surface area (TPSA) is 162 Å². The van der Waals surface area contributed by atoms with Crippen LogP contribution < -0.4 is 11.5 Å². The van der Waals surface area contributed by atoms with Gasteiger partial charge in [-0.05, 0) is 41.5 Å².